The zero-order valence-corrected chi connectivity index (χ0v) is 12.7. The average molecular weight is 323 g/mol. The minimum absolute atomic E-state index is 0.0135. The Morgan fingerprint density at radius 3 is 2.75 bits per heavy atom. The first-order valence-electron chi connectivity index (χ1n) is 7.31. The van der Waals surface area contributed by atoms with E-state index in [0.29, 0.717) is 23.2 Å². The molecule has 2 heterocycles. The van der Waals surface area contributed by atoms with Gasteiger partial charge in [-0.3, -0.25) is 14.5 Å². The number of likely N-dealkylation sites (N-methyl/N-ethyl adjacent to an activating group) is 1. The number of nitrogens with zero attached hydrogens (tertiary/aromatic N) is 1. The highest BCUT2D eigenvalue weighted by Gasteiger charge is 2.48. The Bertz CT molecular complexity index is 904. The van der Waals surface area contributed by atoms with Gasteiger partial charge in [-0.15, -0.1) is 0 Å². The number of ether oxygens (including phenoxy) is 2. The Morgan fingerprint density at radius 2 is 1.96 bits per heavy atom. The Hall–Kier alpha value is -3.28. The molecule has 2 aromatic rings. The topological polar surface area (TPSA) is 76.1 Å². The van der Waals surface area contributed by atoms with Crippen LogP contribution < -0.4 is 9.47 Å². The first-order valence-corrected chi connectivity index (χ1v) is 7.31. The molecule has 4 rings (SSSR count). The predicted octanol–water partition coefficient (Wildman–Crippen LogP) is 2.43. The fourth-order valence-corrected chi connectivity index (χ4v) is 2.86. The van der Waals surface area contributed by atoms with E-state index in [-0.39, 0.29) is 23.0 Å². The largest absolute Gasteiger partial charge is 0.507 e. The van der Waals surface area contributed by atoms with E-state index < -0.39 is 5.91 Å². The number of benzene rings is 2. The van der Waals surface area contributed by atoms with Gasteiger partial charge in [0, 0.05) is 18.7 Å². The predicted molar refractivity (Wildman–Crippen MR) is 85.1 cm³/mol. The fraction of sp³-hybridized carbons (Fsp3) is 0.111. The number of phenolic OH excluding ortho intramolecular Hbond substituents is 1. The summed E-state index contributed by atoms with van der Waals surface area (Å²) in [6, 6.07) is 9.90. The highest BCUT2D eigenvalue weighted by atomic mass is 16.7. The minimum atomic E-state index is -1.51. The number of fused-ring (bicyclic) bond motifs is 2. The van der Waals surface area contributed by atoms with Crippen molar-refractivity contribution in [3.63, 3.8) is 0 Å². The molecular formula is C18H13NO5. The summed E-state index contributed by atoms with van der Waals surface area (Å²) in [6.45, 7) is 0. The molecule has 2 aromatic carbocycles. The van der Waals surface area contributed by atoms with Crippen molar-refractivity contribution in [2.75, 3.05) is 7.05 Å². The van der Waals surface area contributed by atoms with Crippen LogP contribution in [0.15, 0.2) is 42.5 Å². The van der Waals surface area contributed by atoms with Crippen LogP contribution >= 0.6 is 0 Å². The molecule has 0 saturated heterocycles. The second-order valence-corrected chi connectivity index (χ2v) is 5.56. The van der Waals surface area contributed by atoms with E-state index in [2.05, 4.69) is 0 Å². The monoisotopic (exact) mass is 323 g/mol. The maximum atomic E-state index is 12.6. The van der Waals surface area contributed by atoms with Gasteiger partial charge in [-0.05, 0) is 30.3 Å². The van der Waals surface area contributed by atoms with Crippen molar-refractivity contribution in [3.05, 3.63) is 59.2 Å². The molecule has 0 unspecified atom stereocenters. The fourth-order valence-electron chi connectivity index (χ4n) is 2.86. The first kappa shape index (κ1) is 14.3. The highest BCUT2D eigenvalue weighted by Crippen LogP contribution is 2.42. The van der Waals surface area contributed by atoms with E-state index in [1.807, 2.05) is 0 Å². The lowest BCUT2D eigenvalue weighted by Crippen LogP contribution is -2.60. The molecule has 1 spiro atoms. The number of aromatic hydroxyl groups is 1. The minimum Gasteiger partial charge on any atom is -0.507 e. The molecule has 0 aromatic heterocycles. The molecule has 0 saturated carbocycles. The van der Waals surface area contributed by atoms with E-state index in [1.54, 1.807) is 49.5 Å². The lowest BCUT2D eigenvalue weighted by molar-refractivity contribution is -0.166. The molecule has 1 N–H and O–H groups in total. The third-order valence-electron chi connectivity index (χ3n) is 4.19. The third kappa shape index (κ3) is 1.83. The molecule has 1 amide bonds. The molecule has 0 bridgehead atoms. The lowest BCUT2D eigenvalue weighted by Gasteiger charge is -2.44. The van der Waals surface area contributed by atoms with E-state index in [1.165, 1.54) is 11.0 Å². The molecule has 24 heavy (non-hydrogen) atoms. The number of carbonyl (C=O) groups excluding carboxylic acids is 2. The molecule has 6 nitrogen and oxygen atoms in total. The number of amides is 1. The van der Waals surface area contributed by atoms with Gasteiger partial charge < -0.3 is 14.6 Å². The van der Waals surface area contributed by atoms with Crippen LogP contribution in [-0.4, -0.2) is 35.2 Å². The summed E-state index contributed by atoms with van der Waals surface area (Å²) >= 11 is 0. The molecule has 6 heteroatoms. The summed E-state index contributed by atoms with van der Waals surface area (Å²) in [5, 5.41) is 9.87. The third-order valence-corrected chi connectivity index (χ3v) is 4.19. The number of hydrogen-bond donors (Lipinski definition) is 1. The summed E-state index contributed by atoms with van der Waals surface area (Å²) in [7, 11) is 1.55. The zero-order chi connectivity index (χ0) is 16.9. The van der Waals surface area contributed by atoms with Gasteiger partial charge in [0.05, 0.1) is 11.1 Å². The Labute approximate surface area is 137 Å². The standard InChI is InChI=1S/C18H13NO5/c1-19-17(22)12-4-2-3-5-15(12)23-18(19)9-8-11-6-7-14(21)13(10-20)16(11)24-18/h2-10,21H,1H3/t18-/m0/s1. The highest BCUT2D eigenvalue weighted by molar-refractivity contribution is 5.98. The van der Waals surface area contributed by atoms with Gasteiger partial charge in [-0.1, -0.05) is 12.1 Å². The second kappa shape index (κ2) is 4.86. The Kier molecular flexibility index (Phi) is 2.90. The summed E-state index contributed by atoms with van der Waals surface area (Å²) < 4.78 is 11.8. The number of hydrogen-bond acceptors (Lipinski definition) is 5. The Balaban J connectivity index is 1.86. The van der Waals surface area contributed by atoms with Crippen LogP contribution in [0.3, 0.4) is 0 Å². The number of para-hydroxylation sites is 1. The molecule has 1 atom stereocenters. The van der Waals surface area contributed by atoms with Crippen LogP contribution in [0.2, 0.25) is 0 Å². The normalized spacial score (nSPS) is 20.9. The maximum absolute atomic E-state index is 12.6. The molecular weight excluding hydrogens is 310 g/mol. The van der Waals surface area contributed by atoms with Crippen molar-refractivity contribution in [1.82, 2.24) is 4.90 Å². The quantitative estimate of drug-likeness (QED) is 0.816. The molecule has 120 valence electrons. The van der Waals surface area contributed by atoms with E-state index in [0.717, 1.165) is 0 Å². The van der Waals surface area contributed by atoms with Crippen molar-refractivity contribution >= 4 is 18.3 Å². The van der Waals surface area contributed by atoms with Gasteiger partial charge >= 0.3 is 5.91 Å². The van der Waals surface area contributed by atoms with Crippen molar-refractivity contribution in [2.24, 2.45) is 0 Å². The van der Waals surface area contributed by atoms with Gasteiger partial charge in [0.15, 0.2) is 6.29 Å². The van der Waals surface area contributed by atoms with Crippen LogP contribution in [-0.2, 0) is 0 Å². The number of aldehydes is 1. The summed E-state index contributed by atoms with van der Waals surface area (Å²) in [6.07, 6.45) is 3.82. The first-order chi connectivity index (χ1) is 11.6. The van der Waals surface area contributed by atoms with Gasteiger partial charge in [-0.25, -0.2) is 0 Å². The number of phenols is 1. The average Bonchev–Trinajstić information content (AvgIpc) is 2.60. The molecule has 0 radical (unpaired) electrons. The van der Waals surface area contributed by atoms with Crippen molar-refractivity contribution in [3.8, 4) is 17.2 Å². The Morgan fingerprint density at radius 1 is 1.17 bits per heavy atom. The number of rotatable bonds is 1. The van der Waals surface area contributed by atoms with Crippen LogP contribution in [0.1, 0.15) is 26.3 Å². The molecule has 0 aliphatic carbocycles. The SMILES string of the molecule is CN1C(=O)c2ccccc2O[C@]12C=Cc1ccc(O)c(C=O)c1O2. The van der Waals surface area contributed by atoms with Crippen LogP contribution in [0, 0.1) is 0 Å². The summed E-state index contributed by atoms with van der Waals surface area (Å²) in [5.41, 5.74) is 1.06. The van der Waals surface area contributed by atoms with Crippen LogP contribution in [0.4, 0.5) is 0 Å². The second-order valence-electron chi connectivity index (χ2n) is 5.56. The van der Waals surface area contributed by atoms with Crippen molar-refractivity contribution in [1.29, 1.82) is 0 Å². The summed E-state index contributed by atoms with van der Waals surface area (Å²) in [5.74, 6) is -1.41. The smallest absolute Gasteiger partial charge is 0.362 e. The maximum Gasteiger partial charge on any atom is 0.362 e. The van der Waals surface area contributed by atoms with Crippen LogP contribution in [0.25, 0.3) is 6.08 Å². The summed E-state index contributed by atoms with van der Waals surface area (Å²) in [4.78, 5) is 25.3. The zero-order valence-electron chi connectivity index (χ0n) is 12.7. The molecule has 2 aliphatic rings. The van der Waals surface area contributed by atoms with Crippen molar-refractivity contribution < 1.29 is 24.2 Å². The van der Waals surface area contributed by atoms with Gasteiger partial charge in [0.2, 0.25) is 0 Å². The van der Waals surface area contributed by atoms with Crippen LogP contribution in [0.5, 0.6) is 17.2 Å². The van der Waals surface area contributed by atoms with Gasteiger partial charge in [0.25, 0.3) is 5.91 Å². The van der Waals surface area contributed by atoms with Crippen molar-refractivity contribution in [2.45, 2.75) is 5.91 Å². The van der Waals surface area contributed by atoms with E-state index in [9.17, 15) is 14.7 Å². The lowest BCUT2D eigenvalue weighted by atomic mass is 10.0. The van der Waals surface area contributed by atoms with Gasteiger partial charge in [-0.2, -0.15) is 0 Å². The number of carbonyl (C=O) groups is 2. The van der Waals surface area contributed by atoms with E-state index >= 15 is 0 Å². The van der Waals surface area contributed by atoms with E-state index in [4.69, 9.17) is 9.47 Å². The molecule has 0 fully saturated rings. The van der Waals surface area contributed by atoms with Gasteiger partial charge in [0.1, 0.15) is 17.2 Å². The molecule has 2 aliphatic heterocycles.